The van der Waals surface area contributed by atoms with Crippen LogP contribution in [0.25, 0.3) is 49.6 Å². The van der Waals surface area contributed by atoms with Crippen LogP contribution in [0.15, 0.2) is 66.7 Å². The molecule has 0 saturated carbocycles. The van der Waals surface area contributed by atoms with E-state index in [0.717, 1.165) is 11.2 Å². The zero-order chi connectivity index (χ0) is 25.3. The third-order valence-corrected chi connectivity index (χ3v) is 7.74. The minimum Gasteiger partial charge on any atom is -0.252 e. The molecular weight excluding hydrogens is 438 g/mol. The van der Waals surface area contributed by atoms with Gasteiger partial charge in [0.1, 0.15) is 5.52 Å². The van der Waals surface area contributed by atoms with Gasteiger partial charge in [0.2, 0.25) is 0 Å². The first-order valence-electron chi connectivity index (χ1n) is 13.0. The van der Waals surface area contributed by atoms with Gasteiger partial charge in [0, 0.05) is 11.1 Å². The summed E-state index contributed by atoms with van der Waals surface area (Å²) in [4.78, 5) is 5.03. The number of aryl methyl sites for hydroxylation is 3. The van der Waals surface area contributed by atoms with Crippen LogP contribution in [0.4, 0.5) is 0 Å². The van der Waals surface area contributed by atoms with Crippen LogP contribution in [0, 0.1) is 13.8 Å². The molecule has 0 bridgehead atoms. The Morgan fingerprint density at radius 1 is 0.778 bits per heavy atom. The van der Waals surface area contributed by atoms with Gasteiger partial charge in [0.25, 0.3) is 5.65 Å². The van der Waals surface area contributed by atoms with Crippen molar-refractivity contribution in [3.05, 3.63) is 89.1 Å². The molecule has 3 nitrogen and oxygen atoms in total. The predicted molar refractivity (Wildman–Crippen MR) is 152 cm³/mol. The van der Waals surface area contributed by atoms with Gasteiger partial charge in [0.05, 0.1) is 18.0 Å². The summed E-state index contributed by atoms with van der Waals surface area (Å²) in [7, 11) is 2.19. The quantitative estimate of drug-likeness (QED) is 0.188. The largest absolute Gasteiger partial charge is 0.297 e. The number of hydrogen-bond donors (Lipinski definition) is 0. The minimum absolute atomic E-state index is 0.455. The van der Waals surface area contributed by atoms with Crippen LogP contribution in [-0.4, -0.2) is 9.38 Å². The Hall–Kier alpha value is -3.72. The number of benzene rings is 3. The summed E-state index contributed by atoms with van der Waals surface area (Å²) >= 11 is 0. The van der Waals surface area contributed by atoms with E-state index in [1.54, 1.807) is 0 Å². The molecule has 6 aromatic rings. The van der Waals surface area contributed by atoms with E-state index >= 15 is 0 Å². The smallest absolute Gasteiger partial charge is 0.252 e. The second-order valence-corrected chi connectivity index (χ2v) is 10.9. The topological polar surface area (TPSA) is 21.2 Å². The molecule has 0 spiro atoms. The third-order valence-electron chi connectivity index (χ3n) is 7.74. The van der Waals surface area contributed by atoms with Crippen LogP contribution >= 0.6 is 0 Å². The molecule has 3 aromatic carbocycles. The molecule has 0 N–H and O–H groups in total. The van der Waals surface area contributed by atoms with Crippen LogP contribution in [0.1, 0.15) is 61.9 Å². The van der Waals surface area contributed by atoms with E-state index in [-0.39, 0.29) is 0 Å². The number of fused-ring (bicyclic) bond motifs is 8. The maximum atomic E-state index is 5.03. The first kappa shape index (κ1) is 22.7. The van der Waals surface area contributed by atoms with Gasteiger partial charge in [-0.15, -0.1) is 0 Å². The van der Waals surface area contributed by atoms with Gasteiger partial charge >= 0.3 is 0 Å². The first-order valence-corrected chi connectivity index (χ1v) is 13.0. The summed E-state index contributed by atoms with van der Waals surface area (Å²) < 4.78 is 4.79. The number of hydrogen-bond acceptors (Lipinski definition) is 1. The lowest BCUT2D eigenvalue weighted by Gasteiger charge is -2.19. The summed E-state index contributed by atoms with van der Waals surface area (Å²) in [5.41, 5.74) is 13.8. The Kier molecular flexibility index (Phi) is 5.15. The Morgan fingerprint density at radius 3 is 2.17 bits per heavy atom. The molecule has 36 heavy (non-hydrogen) atoms. The lowest BCUT2D eigenvalue weighted by atomic mass is 9.85. The molecule has 0 aliphatic carbocycles. The average Bonchev–Trinajstić information content (AvgIpc) is 3.15. The highest BCUT2D eigenvalue weighted by atomic mass is 15.1. The van der Waals surface area contributed by atoms with Crippen molar-refractivity contribution < 1.29 is 4.57 Å². The first-order chi connectivity index (χ1) is 17.3. The highest BCUT2D eigenvalue weighted by molar-refractivity contribution is 6.12. The Labute approximate surface area is 213 Å². The monoisotopic (exact) mass is 472 g/mol. The van der Waals surface area contributed by atoms with Crippen molar-refractivity contribution in [3.8, 4) is 11.1 Å². The Bertz CT molecular complexity index is 1790. The van der Waals surface area contributed by atoms with Gasteiger partial charge in [-0.1, -0.05) is 58.0 Å². The molecule has 3 heterocycles. The molecule has 180 valence electrons. The molecule has 0 aliphatic heterocycles. The van der Waals surface area contributed by atoms with Crippen LogP contribution in [0.3, 0.4) is 0 Å². The van der Waals surface area contributed by atoms with Crippen molar-refractivity contribution in [2.45, 2.75) is 53.4 Å². The molecule has 3 heteroatoms. The van der Waals surface area contributed by atoms with E-state index in [0.29, 0.717) is 11.8 Å². The minimum atomic E-state index is 0.455. The molecule has 3 aromatic heterocycles. The number of rotatable bonds is 3. The summed E-state index contributed by atoms with van der Waals surface area (Å²) in [6, 6.07) is 24.7. The van der Waals surface area contributed by atoms with Crippen molar-refractivity contribution in [3.63, 3.8) is 0 Å². The second-order valence-electron chi connectivity index (χ2n) is 10.9. The fourth-order valence-corrected chi connectivity index (χ4v) is 6.11. The number of pyridine rings is 2. The fourth-order valence-electron chi connectivity index (χ4n) is 6.11. The maximum Gasteiger partial charge on any atom is 0.297 e. The van der Waals surface area contributed by atoms with Gasteiger partial charge in [-0.3, -0.25) is 4.98 Å². The zero-order valence-corrected chi connectivity index (χ0v) is 22.3. The zero-order valence-electron chi connectivity index (χ0n) is 22.3. The summed E-state index contributed by atoms with van der Waals surface area (Å²) in [6.45, 7) is 13.5. The third kappa shape index (κ3) is 3.19. The van der Waals surface area contributed by atoms with Crippen molar-refractivity contribution >= 4 is 38.5 Å². The van der Waals surface area contributed by atoms with Crippen LogP contribution in [-0.2, 0) is 7.05 Å². The summed E-state index contributed by atoms with van der Waals surface area (Å²) in [6.07, 6.45) is 0. The maximum absolute atomic E-state index is 5.03. The van der Waals surface area contributed by atoms with Crippen LogP contribution < -0.4 is 4.57 Å². The highest BCUT2D eigenvalue weighted by Gasteiger charge is 2.26. The number of para-hydroxylation sites is 1. The predicted octanol–water partition coefficient (Wildman–Crippen LogP) is 8.15. The summed E-state index contributed by atoms with van der Waals surface area (Å²) in [5.74, 6) is 0.910. The SMILES string of the molecule is Cc1cc(C)c2c(n1)c1ccccc1n1c3cc(-c4c(C(C)C)cccc4C(C)C)ccc3[n+](C)c21. The fraction of sp³-hybridized carbons (Fsp3) is 0.273. The van der Waals surface area contributed by atoms with Crippen molar-refractivity contribution in [2.24, 2.45) is 7.05 Å². The lowest BCUT2D eigenvalue weighted by molar-refractivity contribution is -0.617. The molecular formula is C33H34N3+. The lowest BCUT2D eigenvalue weighted by Crippen LogP contribution is -2.27. The van der Waals surface area contributed by atoms with Crippen LogP contribution in [0.2, 0.25) is 0 Å². The van der Waals surface area contributed by atoms with Gasteiger partial charge in [-0.2, -0.15) is 4.40 Å². The van der Waals surface area contributed by atoms with Crippen molar-refractivity contribution in [1.82, 2.24) is 9.38 Å². The number of aromatic nitrogens is 3. The van der Waals surface area contributed by atoms with Gasteiger partial charge in [0.15, 0.2) is 11.0 Å². The van der Waals surface area contributed by atoms with Gasteiger partial charge in [-0.05, 0) is 89.9 Å². The molecule has 0 atom stereocenters. The average molecular weight is 473 g/mol. The van der Waals surface area contributed by atoms with E-state index in [4.69, 9.17) is 4.98 Å². The molecule has 0 saturated heterocycles. The van der Waals surface area contributed by atoms with E-state index in [2.05, 4.69) is 124 Å². The number of nitrogens with zero attached hydrogens (tertiary/aromatic N) is 3. The molecule has 0 aliphatic rings. The molecule has 0 amide bonds. The second kappa shape index (κ2) is 8.16. The molecule has 0 radical (unpaired) electrons. The standard InChI is InChI=1S/C33H34N3/c1-19(2)24-12-10-13-25(20(3)4)31(24)23-15-16-28-29(18-23)36-27-14-9-8-11-26(27)32-30(33(36)35(28)7)21(5)17-22(6)34-32/h8-20H,1-7H3/q+1. The molecule has 6 rings (SSSR count). The van der Waals surface area contributed by atoms with E-state index in [1.165, 1.54) is 60.8 Å². The van der Waals surface area contributed by atoms with E-state index in [9.17, 15) is 0 Å². The van der Waals surface area contributed by atoms with E-state index < -0.39 is 0 Å². The highest BCUT2D eigenvalue weighted by Crippen LogP contribution is 2.38. The number of imidazole rings is 1. The van der Waals surface area contributed by atoms with Crippen molar-refractivity contribution in [1.29, 1.82) is 0 Å². The molecule has 0 unspecified atom stereocenters. The Morgan fingerprint density at radius 2 is 1.47 bits per heavy atom. The van der Waals surface area contributed by atoms with Gasteiger partial charge < -0.3 is 0 Å². The van der Waals surface area contributed by atoms with Crippen LogP contribution in [0.5, 0.6) is 0 Å². The molecule has 0 fully saturated rings. The van der Waals surface area contributed by atoms with E-state index in [1.807, 2.05) is 0 Å². The summed E-state index contributed by atoms with van der Waals surface area (Å²) in [5, 5.41) is 2.42. The normalized spacial score (nSPS) is 12.2. The Balaban J connectivity index is 1.82. The van der Waals surface area contributed by atoms with Gasteiger partial charge in [-0.25, -0.2) is 4.57 Å². The van der Waals surface area contributed by atoms with Crippen molar-refractivity contribution in [2.75, 3.05) is 0 Å².